The smallest absolute Gasteiger partial charge is 0.0932 e. The summed E-state index contributed by atoms with van der Waals surface area (Å²) in [6, 6.07) is 5.94. The van der Waals surface area contributed by atoms with Crippen molar-refractivity contribution in [2.75, 3.05) is 32.7 Å². The predicted octanol–water partition coefficient (Wildman–Crippen LogP) is 5.30. The fourth-order valence-electron chi connectivity index (χ4n) is 4.32. The summed E-state index contributed by atoms with van der Waals surface area (Å²) in [5, 5.41) is 3.43. The van der Waals surface area contributed by atoms with Gasteiger partial charge in [0, 0.05) is 26.2 Å². The van der Waals surface area contributed by atoms with Crippen LogP contribution in [0.4, 0.5) is 0 Å². The summed E-state index contributed by atoms with van der Waals surface area (Å²) in [4.78, 5) is 8.85. The van der Waals surface area contributed by atoms with E-state index in [9.17, 15) is 0 Å². The van der Waals surface area contributed by atoms with Crippen molar-refractivity contribution in [1.82, 2.24) is 9.96 Å². The summed E-state index contributed by atoms with van der Waals surface area (Å²) in [5.41, 5.74) is 1.34. The zero-order valence-corrected chi connectivity index (χ0v) is 17.8. The zero-order chi connectivity index (χ0) is 18.7. The summed E-state index contributed by atoms with van der Waals surface area (Å²) < 4.78 is 0. The highest BCUT2D eigenvalue weighted by molar-refractivity contribution is 6.42. The fourth-order valence-corrected chi connectivity index (χ4v) is 4.64. The Morgan fingerprint density at radius 3 is 2.69 bits per heavy atom. The van der Waals surface area contributed by atoms with E-state index in [1.165, 1.54) is 31.5 Å². The first-order valence-corrected chi connectivity index (χ1v) is 10.6. The molecule has 1 aromatic carbocycles. The lowest BCUT2D eigenvalue weighted by Gasteiger charge is -2.33. The molecule has 26 heavy (non-hydrogen) atoms. The van der Waals surface area contributed by atoms with Gasteiger partial charge in [-0.1, -0.05) is 50.0 Å². The van der Waals surface area contributed by atoms with Gasteiger partial charge in [-0.3, -0.25) is 4.84 Å². The number of rotatable bonds is 6. The first-order valence-electron chi connectivity index (χ1n) is 9.89. The van der Waals surface area contributed by atoms with Crippen LogP contribution in [0.1, 0.15) is 45.6 Å². The second-order valence-electron chi connectivity index (χ2n) is 8.98. The standard InChI is InChI=1S/C21H32Cl2N2O/c1-16-5-4-9-24(13-16)14-18-8-10-25(26-18)15-21(2,3)12-17-6-7-19(22)20(23)11-17/h6-7,11,16,18H,4-5,8-10,12-15H2,1-3H3. The molecular weight excluding hydrogens is 367 g/mol. The van der Waals surface area contributed by atoms with Crippen LogP contribution in [0.25, 0.3) is 0 Å². The molecule has 2 aliphatic heterocycles. The van der Waals surface area contributed by atoms with Gasteiger partial charge in [-0.15, -0.1) is 0 Å². The number of nitrogens with zero attached hydrogens (tertiary/aromatic N) is 2. The highest BCUT2D eigenvalue weighted by atomic mass is 35.5. The molecule has 3 nitrogen and oxygen atoms in total. The highest BCUT2D eigenvalue weighted by Gasteiger charge is 2.31. The Morgan fingerprint density at radius 2 is 1.96 bits per heavy atom. The van der Waals surface area contributed by atoms with Crippen LogP contribution in [0.15, 0.2) is 18.2 Å². The van der Waals surface area contributed by atoms with Crippen LogP contribution in [0, 0.1) is 11.3 Å². The molecule has 3 rings (SSSR count). The van der Waals surface area contributed by atoms with Crippen LogP contribution in [0.2, 0.25) is 10.0 Å². The minimum atomic E-state index is 0.117. The number of likely N-dealkylation sites (tertiary alicyclic amines) is 1. The van der Waals surface area contributed by atoms with Gasteiger partial charge in [0.25, 0.3) is 0 Å². The van der Waals surface area contributed by atoms with Crippen molar-refractivity contribution < 1.29 is 4.84 Å². The van der Waals surface area contributed by atoms with Crippen LogP contribution < -0.4 is 0 Å². The number of piperidine rings is 1. The Balaban J connectivity index is 1.48. The third-order valence-electron chi connectivity index (χ3n) is 5.47. The lowest BCUT2D eigenvalue weighted by atomic mass is 9.85. The second-order valence-corrected chi connectivity index (χ2v) is 9.79. The van der Waals surface area contributed by atoms with E-state index in [-0.39, 0.29) is 5.41 Å². The fraction of sp³-hybridized carbons (Fsp3) is 0.714. The molecule has 2 saturated heterocycles. The molecule has 1 aromatic rings. The molecule has 146 valence electrons. The van der Waals surface area contributed by atoms with Gasteiger partial charge in [0.05, 0.1) is 16.1 Å². The molecule has 0 aliphatic carbocycles. The number of benzene rings is 1. The Bertz CT molecular complexity index is 608. The molecule has 2 aliphatic rings. The van der Waals surface area contributed by atoms with Gasteiger partial charge < -0.3 is 4.90 Å². The monoisotopic (exact) mass is 398 g/mol. The quantitative estimate of drug-likeness (QED) is 0.646. The number of halogens is 2. The zero-order valence-electron chi connectivity index (χ0n) is 16.3. The maximum absolute atomic E-state index is 6.26. The van der Waals surface area contributed by atoms with Crippen LogP contribution in [0.3, 0.4) is 0 Å². The first kappa shape index (κ1) is 20.4. The topological polar surface area (TPSA) is 15.7 Å². The molecule has 2 fully saturated rings. The lowest BCUT2D eigenvalue weighted by Crippen LogP contribution is -2.40. The van der Waals surface area contributed by atoms with E-state index in [0.29, 0.717) is 16.1 Å². The summed E-state index contributed by atoms with van der Waals surface area (Å²) in [6.45, 7) is 12.4. The molecule has 0 saturated carbocycles. The Morgan fingerprint density at radius 1 is 1.15 bits per heavy atom. The second kappa shape index (κ2) is 8.79. The first-order chi connectivity index (χ1) is 12.3. The van der Waals surface area contributed by atoms with Crippen LogP contribution in [-0.2, 0) is 11.3 Å². The summed E-state index contributed by atoms with van der Waals surface area (Å²) in [6.07, 6.45) is 5.14. The van der Waals surface area contributed by atoms with Crippen LogP contribution in [-0.4, -0.2) is 48.8 Å². The third kappa shape index (κ3) is 5.84. The predicted molar refractivity (Wildman–Crippen MR) is 110 cm³/mol. The number of hydrogen-bond acceptors (Lipinski definition) is 3. The van der Waals surface area contributed by atoms with Crippen LogP contribution >= 0.6 is 23.2 Å². The maximum atomic E-state index is 6.26. The van der Waals surface area contributed by atoms with Gasteiger partial charge in [0.15, 0.2) is 0 Å². The summed E-state index contributed by atoms with van der Waals surface area (Å²) >= 11 is 12.2. The van der Waals surface area contributed by atoms with E-state index >= 15 is 0 Å². The average Bonchev–Trinajstić information content (AvgIpc) is 2.96. The molecular formula is C21H32Cl2N2O. The van der Waals surface area contributed by atoms with Gasteiger partial charge >= 0.3 is 0 Å². The molecule has 0 spiro atoms. The summed E-state index contributed by atoms with van der Waals surface area (Å²) in [5.74, 6) is 0.825. The van der Waals surface area contributed by atoms with Crippen LogP contribution in [0.5, 0.6) is 0 Å². The number of hydroxylamine groups is 2. The van der Waals surface area contributed by atoms with E-state index in [1.54, 1.807) is 0 Å². The van der Waals surface area contributed by atoms with Crippen molar-refractivity contribution in [2.45, 2.75) is 52.6 Å². The molecule has 2 atom stereocenters. The molecule has 0 aromatic heterocycles. The highest BCUT2D eigenvalue weighted by Crippen LogP contribution is 2.30. The Kier molecular flexibility index (Phi) is 6.90. The van der Waals surface area contributed by atoms with Crippen molar-refractivity contribution in [3.63, 3.8) is 0 Å². The minimum Gasteiger partial charge on any atom is -0.300 e. The van der Waals surface area contributed by atoms with Crippen molar-refractivity contribution >= 4 is 23.2 Å². The van der Waals surface area contributed by atoms with Gasteiger partial charge in [0.2, 0.25) is 0 Å². The normalized spacial score (nSPS) is 25.7. The molecule has 0 bridgehead atoms. The molecule has 5 heteroatoms. The van der Waals surface area contributed by atoms with Gasteiger partial charge in [-0.2, -0.15) is 5.06 Å². The van der Waals surface area contributed by atoms with Crippen molar-refractivity contribution in [3.05, 3.63) is 33.8 Å². The number of hydrogen-bond donors (Lipinski definition) is 0. The largest absolute Gasteiger partial charge is 0.300 e. The lowest BCUT2D eigenvalue weighted by molar-refractivity contribution is -0.165. The molecule has 0 radical (unpaired) electrons. The minimum absolute atomic E-state index is 0.117. The van der Waals surface area contributed by atoms with Gasteiger partial charge in [-0.25, -0.2) is 0 Å². The van der Waals surface area contributed by atoms with Crippen molar-refractivity contribution in [1.29, 1.82) is 0 Å². The van der Waals surface area contributed by atoms with E-state index in [2.05, 4.69) is 36.8 Å². The maximum Gasteiger partial charge on any atom is 0.0932 e. The third-order valence-corrected chi connectivity index (χ3v) is 6.21. The van der Waals surface area contributed by atoms with Gasteiger partial charge in [-0.05, 0) is 61.3 Å². The van der Waals surface area contributed by atoms with Gasteiger partial charge in [0.1, 0.15) is 0 Å². The van der Waals surface area contributed by atoms with E-state index < -0.39 is 0 Å². The SMILES string of the molecule is CC1CCCN(CC2CCN(CC(C)(C)Cc3ccc(Cl)c(Cl)c3)O2)C1. The molecule has 2 unspecified atom stereocenters. The average molecular weight is 399 g/mol. The van der Waals surface area contributed by atoms with Crippen molar-refractivity contribution in [3.8, 4) is 0 Å². The molecule has 0 amide bonds. The van der Waals surface area contributed by atoms with E-state index in [4.69, 9.17) is 28.0 Å². The van der Waals surface area contributed by atoms with Crippen molar-refractivity contribution in [2.24, 2.45) is 11.3 Å². The Hall–Kier alpha value is -0.320. The molecule has 0 N–H and O–H groups in total. The van der Waals surface area contributed by atoms with E-state index in [0.717, 1.165) is 38.4 Å². The van der Waals surface area contributed by atoms with E-state index in [1.807, 2.05) is 12.1 Å². The summed E-state index contributed by atoms with van der Waals surface area (Å²) in [7, 11) is 0. The Labute approximate surface area is 168 Å². The molecule has 2 heterocycles.